The minimum absolute atomic E-state index is 0.265. The maximum absolute atomic E-state index is 10.6. The van der Waals surface area contributed by atoms with Crippen molar-refractivity contribution in [1.29, 1.82) is 5.26 Å². The molecular weight excluding hydrogens is 128 g/mol. The Morgan fingerprint density at radius 1 is 1.80 bits per heavy atom. The Bertz CT molecular complexity index is 210. The molecule has 3 heteroatoms. The van der Waals surface area contributed by atoms with Crippen LogP contribution in [-0.2, 0) is 4.79 Å². The van der Waals surface area contributed by atoms with Gasteiger partial charge in [-0.15, -0.1) is 0 Å². The summed E-state index contributed by atoms with van der Waals surface area (Å²) in [5, 5.41) is 11.1. The average Bonchev–Trinajstić information content (AvgIpc) is 2.70. The van der Waals surface area contributed by atoms with Crippen LogP contribution in [0.5, 0.6) is 0 Å². The van der Waals surface area contributed by atoms with E-state index in [9.17, 15) is 4.79 Å². The minimum Gasteiger partial charge on any atom is -0.334 e. The second-order valence-electron chi connectivity index (χ2n) is 2.39. The maximum atomic E-state index is 10.6. The summed E-state index contributed by atoms with van der Waals surface area (Å²) in [7, 11) is 0. The summed E-state index contributed by atoms with van der Waals surface area (Å²) < 4.78 is 0. The van der Waals surface area contributed by atoms with Crippen LogP contribution in [0.4, 0.5) is 0 Å². The van der Waals surface area contributed by atoms with E-state index in [1.165, 1.54) is 6.08 Å². The molecule has 1 aliphatic rings. The van der Waals surface area contributed by atoms with Crippen molar-refractivity contribution in [3.05, 3.63) is 12.7 Å². The van der Waals surface area contributed by atoms with Gasteiger partial charge in [0.2, 0.25) is 5.91 Å². The molecule has 0 aromatic carbocycles. The van der Waals surface area contributed by atoms with E-state index in [0.717, 1.165) is 12.8 Å². The number of amides is 1. The highest BCUT2D eigenvalue weighted by Gasteiger charge is 2.44. The first-order valence-electron chi connectivity index (χ1n) is 3.08. The summed E-state index contributed by atoms with van der Waals surface area (Å²) in [6.07, 6.45) is 2.71. The number of nitriles is 1. The van der Waals surface area contributed by atoms with Crippen LogP contribution >= 0.6 is 0 Å². The van der Waals surface area contributed by atoms with E-state index >= 15 is 0 Å². The van der Waals surface area contributed by atoms with E-state index in [1.54, 1.807) is 0 Å². The van der Waals surface area contributed by atoms with Crippen LogP contribution in [0.2, 0.25) is 0 Å². The van der Waals surface area contributed by atoms with E-state index in [-0.39, 0.29) is 5.91 Å². The Hall–Kier alpha value is -1.30. The van der Waals surface area contributed by atoms with Crippen molar-refractivity contribution < 1.29 is 4.79 Å². The standard InChI is InChI=1S/C7H8N2O/c1-2-6(10)9-7(5-8)3-4-7/h2H,1,3-4H2,(H,9,10). The topological polar surface area (TPSA) is 52.9 Å². The zero-order valence-corrected chi connectivity index (χ0v) is 5.55. The molecule has 0 saturated heterocycles. The number of carbonyl (C=O) groups is 1. The zero-order chi connectivity index (χ0) is 7.61. The molecule has 1 rings (SSSR count). The SMILES string of the molecule is C=CC(=O)NC1(C#N)CC1. The predicted molar refractivity (Wildman–Crippen MR) is 35.9 cm³/mol. The second kappa shape index (κ2) is 2.14. The molecule has 0 bridgehead atoms. The van der Waals surface area contributed by atoms with Crippen LogP contribution < -0.4 is 5.32 Å². The van der Waals surface area contributed by atoms with Crippen molar-refractivity contribution >= 4 is 5.91 Å². The highest BCUT2D eigenvalue weighted by molar-refractivity contribution is 5.88. The van der Waals surface area contributed by atoms with Crippen molar-refractivity contribution in [2.24, 2.45) is 0 Å². The van der Waals surface area contributed by atoms with Crippen LogP contribution in [0.3, 0.4) is 0 Å². The lowest BCUT2D eigenvalue weighted by molar-refractivity contribution is -0.117. The average molecular weight is 136 g/mol. The molecular formula is C7H8N2O. The van der Waals surface area contributed by atoms with Gasteiger partial charge in [-0.05, 0) is 18.9 Å². The first kappa shape index (κ1) is 6.81. The fourth-order valence-corrected chi connectivity index (χ4v) is 0.677. The molecule has 0 aliphatic heterocycles. The normalized spacial score (nSPS) is 18.7. The van der Waals surface area contributed by atoms with E-state index in [0.29, 0.717) is 0 Å². The van der Waals surface area contributed by atoms with E-state index in [1.807, 2.05) is 6.07 Å². The van der Waals surface area contributed by atoms with Crippen LogP contribution in [0.1, 0.15) is 12.8 Å². The Morgan fingerprint density at radius 2 is 2.40 bits per heavy atom. The van der Waals surface area contributed by atoms with Crippen LogP contribution in [0.15, 0.2) is 12.7 Å². The van der Waals surface area contributed by atoms with E-state index in [4.69, 9.17) is 5.26 Å². The van der Waals surface area contributed by atoms with Crippen molar-refractivity contribution in [3.63, 3.8) is 0 Å². The molecule has 0 aromatic heterocycles. The fourth-order valence-electron chi connectivity index (χ4n) is 0.677. The highest BCUT2D eigenvalue weighted by Crippen LogP contribution is 2.33. The molecule has 0 heterocycles. The quantitative estimate of drug-likeness (QED) is 0.557. The fraction of sp³-hybridized carbons (Fsp3) is 0.429. The predicted octanol–water partition coefficient (Wildman–Crippen LogP) is 0.345. The largest absolute Gasteiger partial charge is 0.334 e. The minimum atomic E-state index is -0.550. The van der Waals surface area contributed by atoms with Crippen LogP contribution in [0, 0.1) is 11.3 Å². The highest BCUT2D eigenvalue weighted by atomic mass is 16.1. The molecule has 3 nitrogen and oxygen atoms in total. The van der Waals surface area contributed by atoms with Gasteiger partial charge in [0.25, 0.3) is 0 Å². The van der Waals surface area contributed by atoms with Crippen molar-refractivity contribution in [1.82, 2.24) is 5.32 Å². The molecule has 0 unspecified atom stereocenters. The smallest absolute Gasteiger partial charge is 0.244 e. The summed E-state index contributed by atoms with van der Waals surface area (Å²) in [6.45, 7) is 3.29. The maximum Gasteiger partial charge on any atom is 0.244 e. The number of hydrogen-bond donors (Lipinski definition) is 1. The Kier molecular flexibility index (Phi) is 1.46. The molecule has 1 saturated carbocycles. The van der Waals surface area contributed by atoms with Crippen LogP contribution in [-0.4, -0.2) is 11.4 Å². The van der Waals surface area contributed by atoms with Gasteiger partial charge >= 0.3 is 0 Å². The molecule has 1 N–H and O–H groups in total. The molecule has 10 heavy (non-hydrogen) atoms. The second-order valence-corrected chi connectivity index (χ2v) is 2.39. The van der Waals surface area contributed by atoms with Gasteiger partial charge in [-0.25, -0.2) is 0 Å². The van der Waals surface area contributed by atoms with Crippen molar-refractivity contribution in [2.45, 2.75) is 18.4 Å². The number of nitrogens with zero attached hydrogens (tertiary/aromatic N) is 1. The van der Waals surface area contributed by atoms with Crippen LogP contribution in [0.25, 0.3) is 0 Å². The van der Waals surface area contributed by atoms with Gasteiger partial charge in [-0.1, -0.05) is 6.58 Å². The molecule has 0 spiro atoms. The third kappa shape index (κ3) is 1.16. The molecule has 52 valence electrons. The van der Waals surface area contributed by atoms with Gasteiger partial charge < -0.3 is 5.32 Å². The number of rotatable bonds is 2. The third-order valence-electron chi connectivity index (χ3n) is 1.51. The lowest BCUT2D eigenvalue weighted by atomic mass is 10.3. The summed E-state index contributed by atoms with van der Waals surface area (Å²) in [5.41, 5.74) is -0.550. The van der Waals surface area contributed by atoms with E-state index < -0.39 is 5.54 Å². The number of nitrogens with one attached hydrogen (secondary N) is 1. The molecule has 0 aromatic rings. The van der Waals surface area contributed by atoms with E-state index in [2.05, 4.69) is 11.9 Å². The van der Waals surface area contributed by atoms with Gasteiger partial charge in [0, 0.05) is 0 Å². The first-order valence-corrected chi connectivity index (χ1v) is 3.08. The van der Waals surface area contributed by atoms with Gasteiger partial charge in [0.1, 0.15) is 5.54 Å². The zero-order valence-electron chi connectivity index (χ0n) is 5.55. The lowest BCUT2D eigenvalue weighted by Gasteiger charge is -2.04. The van der Waals surface area contributed by atoms with Crippen molar-refractivity contribution in [3.8, 4) is 6.07 Å². The molecule has 1 fully saturated rings. The third-order valence-corrected chi connectivity index (χ3v) is 1.51. The van der Waals surface area contributed by atoms with Gasteiger partial charge in [-0.3, -0.25) is 4.79 Å². The lowest BCUT2D eigenvalue weighted by Crippen LogP contribution is -2.33. The van der Waals surface area contributed by atoms with Gasteiger partial charge in [-0.2, -0.15) is 5.26 Å². The Balaban J connectivity index is 2.47. The number of carbonyl (C=O) groups excluding carboxylic acids is 1. The summed E-state index contributed by atoms with van der Waals surface area (Å²) in [5.74, 6) is -0.265. The summed E-state index contributed by atoms with van der Waals surface area (Å²) in [6, 6.07) is 2.04. The Labute approximate surface area is 59.3 Å². The molecule has 0 atom stereocenters. The summed E-state index contributed by atoms with van der Waals surface area (Å²) in [4.78, 5) is 10.6. The molecule has 0 radical (unpaired) electrons. The molecule has 1 amide bonds. The van der Waals surface area contributed by atoms with Crippen molar-refractivity contribution in [2.75, 3.05) is 0 Å². The van der Waals surface area contributed by atoms with Gasteiger partial charge in [0.15, 0.2) is 0 Å². The molecule has 1 aliphatic carbocycles. The van der Waals surface area contributed by atoms with Gasteiger partial charge in [0.05, 0.1) is 6.07 Å². The summed E-state index contributed by atoms with van der Waals surface area (Å²) >= 11 is 0. The monoisotopic (exact) mass is 136 g/mol. The number of hydrogen-bond acceptors (Lipinski definition) is 2. The first-order chi connectivity index (χ1) is 4.72. The Morgan fingerprint density at radius 3 is 2.70 bits per heavy atom.